The third kappa shape index (κ3) is 4.17. The zero-order chi connectivity index (χ0) is 20.4. The summed E-state index contributed by atoms with van der Waals surface area (Å²) >= 11 is 0. The number of ether oxygens (including phenoxy) is 3. The van der Waals surface area contributed by atoms with Gasteiger partial charge in [-0.2, -0.15) is 0 Å². The minimum Gasteiger partial charge on any atom is -0.455 e. The Morgan fingerprint density at radius 1 is 1.17 bits per heavy atom. The highest BCUT2D eigenvalue weighted by atomic mass is 35.5. The lowest BCUT2D eigenvalue weighted by molar-refractivity contribution is -0.128. The first kappa shape index (κ1) is 22.2. The van der Waals surface area contributed by atoms with Crippen molar-refractivity contribution in [1.29, 1.82) is 0 Å². The minimum atomic E-state index is -1.11. The molecule has 4 rings (SSSR count). The first-order valence-electron chi connectivity index (χ1n) is 9.52. The summed E-state index contributed by atoms with van der Waals surface area (Å²) in [4.78, 5) is 40.6. The van der Waals surface area contributed by atoms with Crippen LogP contribution < -0.4 is 5.32 Å². The second-order valence-corrected chi connectivity index (χ2v) is 6.94. The number of carbonyl (C=O) groups is 3. The van der Waals surface area contributed by atoms with Crippen molar-refractivity contribution in [3.05, 3.63) is 58.4 Å². The van der Waals surface area contributed by atoms with Crippen LogP contribution in [0.1, 0.15) is 20.7 Å². The number of methoxy groups -OCH3 is 1. The van der Waals surface area contributed by atoms with Crippen molar-refractivity contribution >= 4 is 29.9 Å². The summed E-state index contributed by atoms with van der Waals surface area (Å²) in [5, 5.41) is 2.80. The first-order valence-corrected chi connectivity index (χ1v) is 9.52. The Morgan fingerprint density at radius 3 is 2.50 bits per heavy atom. The van der Waals surface area contributed by atoms with E-state index in [1.54, 1.807) is 24.3 Å². The average Bonchev–Trinajstić information content (AvgIpc) is 2.77. The van der Waals surface area contributed by atoms with Gasteiger partial charge >= 0.3 is 0 Å². The van der Waals surface area contributed by atoms with Gasteiger partial charge in [-0.15, -0.1) is 12.4 Å². The van der Waals surface area contributed by atoms with Crippen LogP contribution in [0.2, 0.25) is 0 Å². The second-order valence-electron chi connectivity index (χ2n) is 6.94. The van der Waals surface area contributed by atoms with E-state index in [2.05, 4.69) is 10.2 Å². The number of benzene rings is 1. The highest BCUT2D eigenvalue weighted by Crippen LogP contribution is 2.34. The summed E-state index contributed by atoms with van der Waals surface area (Å²) in [6.45, 7) is 4.15. The number of morpholine rings is 1. The largest absolute Gasteiger partial charge is 0.455 e. The van der Waals surface area contributed by atoms with Crippen LogP contribution in [-0.2, 0) is 19.0 Å². The number of Topliss-reactive ketones (excluding diaryl/α,β-unsaturated/α-hetero) is 2. The van der Waals surface area contributed by atoms with Crippen molar-refractivity contribution < 1.29 is 28.6 Å². The molecular weight excluding hydrogens is 412 g/mol. The summed E-state index contributed by atoms with van der Waals surface area (Å²) < 4.78 is 16.2. The van der Waals surface area contributed by atoms with Crippen LogP contribution in [0.3, 0.4) is 0 Å². The molecule has 1 saturated heterocycles. The van der Waals surface area contributed by atoms with Crippen LogP contribution in [-0.4, -0.2) is 75.2 Å². The highest BCUT2D eigenvalue weighted by molar-refractivity contribution is 6.28. The molecule has 1 fully saturated rings. The number of amides is 1. The van der Waals surface area contributed by atoms with Crippen molar-refractivity contribution in [2.45, 2.75) is 6.29 Å². The lowest BCUT2D eigenvalue weighted by atomic mass is 9.82. The van der Waals surface area contributed by atoms with Crippen molar-refractivity contribution in [3.8, 4) is 0 Å². The fourth-order valence-electron chi connectivity index (χ4n) is 3.66. The Labute approximate surface area is 180 Å². The van der Waals surface area contributed by atoms with E-state index in [4.69, 9.17) is 14.2 Å². The Hall–Kier alpha value is -2.52. The molecule has 1 atom stereocenters. The molecule has 30 heavy (non-hydrogen) atoms. The smallest absolute Gasteiger partial charge is 0.286 e. The number of hydrogen-bond acceptors (Lipinski definition) is 7. The number of rotatable bonds is 5. The maximum absolute atomic E-state index is 12.9. The van der Waals surface area contributed by atoms with Crippen LogP contribution in [0.4, 0.5) is 0 Å². The molecule has 0 saturated carbocycles. The fraction of sp³-hybridized carbons (Fsp3) is 0.381. The predicted octanol–water partition coefficient (Wildman–Crippen LogP) is 1.12. The molecule has 0 aromatic heterocycles. The number of ketones is 2. The molecule has 1 N–H and O–H groups in total. The number of carbonyl (C=O) groups excluding carboxylic acids is 3. The molecule has 3 aliphatic rings. The number of fused-ring (bicyclic) bond motifs is 1. The highest BCUT2D eigenvalue weighted by Gasteiger charge is 2.40. The van der Waals surface area contributed by atoms with Crippen molar-refractivity contribution in [1.82, 2.24) is 10.2 Å². The van der Waals surface area contributed by atoms with Gasteiger partial charge in [0.05, 0.1) is 18.8 Å². The molecule has 1 aromatic rings. The Bertz CT molecular complexity index is 920. The molecule has 9 heteroatoms. The summed E-state index contributed by atoms with van der Waals surface area (Å²) in [7, 11) is 1.37. The summed E-state index contributed by atoms with van der Waals surface area (Å²) in [5.41, 5.74) is 0.899. The molecule has 0 bridgehead atoms. The average molecular weight is 435 g/mol. The van der Waals surface area contributed by atoms with Crippen LogP contribution >= 0.6 is 12.4 Å². The summed E-state index contributed by atoms with van der Waals surface area (Å²) in [6.07, 6.45) is 0.227. The van der Waals surface area contributed by atoms with Gasteiger partial charge in [-0.05, 0) is 6.08 Å². The first-order chi connectivity index (χ1) is 14.1. The Morgan fingerprint density at radius 2 is 1.83 bits per heavy atom. The van der Waals surface area contributed by atoms with Gasteiger partial charge in [0.2, 0.25) is 6.29 Å². The maximum Gasteiger partial charge on any atom is 0.286 e. The standard InChI is InChI=1S/C21H22N2O6.ClH/c1-27-21-17-15(18(24)13-4-2-3-5-14(13)19(17)25)12-16(29-21)20(26)22-6-7-23-8-10-28-11-9-23;/h2-5,12,21H,6-11H2,1H3,(H,22,26);1H. The quantitative estimate of drug-likeness (QED) is 0.742. The number of hydrogen-bond donors (Lipinski definition) is 1. The lowest BCUT2D eigenvalue weighted by Gasteiger charge is -2.30. The SMILES string of the molecule is COC1OC(C(=O)NCCN2CCOCC2)=CC2=C1C(=O)c1ccccc1C2=O.Cl. The topological polar surface area (TPSA) is 94.2 Å². The van der Waals surface area contributed by atoms with Gasteiger partial charge in [-0.3, -0.25) is 19.3 Å². The van der Waals surface area contributed by atoms with Gasteiger partial charge in [0.1, 0.15) is 0 Å². The van der Waals surface area contributed by atoms with Gasteiger partial charge in [0, 0.05) is 50.0 Å². The van der Waals surface area contributed by atoms with E-state index in [1.165, 1.54) is 13.2 Å². The predicted molar refractivity (Wildman–Crippen MR) is 110 cm³/mol. The van der Waals surface area contributed by atoms with E-state index in [0.717, 1.165) is 13.1 Å². The maximum atomic E-state index is 12.9. The summed E-state index contributed by atoms with van der Waals surface area (Å²) in [5.74, 6) is -1.15. The molecule has 0 radical (unpaired) electrons. The van der Waals surface area contributed by atoms with Crippen LogP contribution in [0.5, 0.6) is 0 Å². The fourth-order valence-corrected chi connectivity index (χ4v) is 3.66. The lowest BCUT2D eigenvalue weighted by Crippen LogP contribution is -2.42. The molecule has 1 aromatic carbocycles. The molecule has 1 aliphatic carbocycles. The normalized spacial score (nSPS) is 21.1. The van der Waals surface area contributed by atoms with Crippen molar-refractivity contribution in [2.75, 3.05) is 46.5 Å². The molecule has 1 amide bonds. The van der Waals surface area contributed by atoms with E-state index in [1.807, 2.05) is 0 Å². The number of nitrogens with one attached hydrogen (secondary N) is 1. The van der Waals surface area contributed by atoms with Crippen LogP contribution in [0.15, 0.2) is 47.2 Å². The van der Waals surface area contributed by atoms with Gasteiger partial charge in [-0.1, -0.05) is 24.3 Å². The molecule has 0 spiro atoms. The third-order valence-electron chi connectivity index (χ3n) is 5.20. The second kappa shape index (κ2) is 9.53. The molecule has 2 heterocycles. The van der Waals surface area contributed by atoms with Gasteiger partial charge in [-0.25, -0.2) is 0 Å². The van der Waals surface area contributed by atoms with Crippen molar-refractivity contribution in [2.24, 2.45) is 0 Å². The zero-order valence-electron chi connectivity index (χ0n) is 16.5. The molecule has 8 nitrogen and oxygen atoms in total. The van der Waals surface area contributed by atoms with E-state index in [0.29, 0.717) is 37.4 Å². The zero-order valence-corrected chi connectivity index (χ0v) is 17.3. The van der Waals surface area contributed by atoms with Crippen molar-refractivity contribution in [3.63, 3.8) is 0 Å². The van der Waals surface area contributed by atoms with E-state index in [-0.39, 0.29) is 40.9 Å². The van der Waals surface area contributed by atoms with Gasteiger partial charge in [0.25, 0.3) is 5.91 Å². The molecule has 1 unspecified atom stereocenters. The Kier molecular flexibility index (Phi) is 7.04. The number of allylic oxidation sites excluding steroid dienone is 2. The molecular formula is C21H23ClN2O6. The van der Waals surface area contributed by atoms with E-state index < -0.39 is 12.2 Å². The van der Waals surface area contributed by atoms with Crippen LogP contribution in [0.25, 0.3) is 0 Å². The van der Waals surface area contributed by atoms with Crippen LogP contribution in [0, 0.1) is 0 Å². The minimum absolute atomic E-state index is 0. The Balaban J connectivity index is 0.00000256. The van der Waals surface area contributed by atoms with Gasteiger partial charge in [0.15, 0.2) is 17.3 Å². The van der Waals surface area contributed by atoms with E-state index >= 15 is 0 Å². The monoisotopic (exact) mass is 434 g/mol. The molecule has 2 aliphatic heterocycles. The summed E-state index contributed by atoms with van der Waals surface area (Å²) in [6, 6.07) is 6.60. The molecule has 160 valence electrons. The van der Waals surface area contributed by atoms with E-state index in [9.17, 15) is 14.4 Å². The van der Waals surface area contributed by atoms with Gasteiger partial charge < -0.3 is 19.5 Å². The number of nitrogens with zero attached hydrogens (tertiary/aromatic N) is 1. The number of halogens is 1. The third-order valence-corrected chi connectivity index (χ3v) is 5.20.